The molecule has 1 aliphatic rings. The van der Waals surface area contributed by atoms with Gasteiger partial charge in [0.1, 0.15) is 11.4 Å². The number of carbonyl (C=O) groups excluding carboxylic acids is 1. The van der Waals surface area contributed by atoms with E-state index in [-0.39, 0.29) is 18.3 Å². The highest BCUT2D eigenvalue weighted by Gasteiger charge is 2.35. The Morgan fingerprint density at radius 1 is 1.52 bits per heavy atom. The number of benzene rings is 1. The number of phenolic OH excluding ortho intramolecular Hbond substituents is 1. The van der Waals surface area contributed by atoms with E-state index in [0.29, 0.717) is 18.5 Å². The number of ether oxygens (including phenoxy) is 1. The highest BCUT2D eigenvalue weighted by atomic mass is 79.9. The van der Waals surface area contributed by atoms with Crippen molar-refractivity contribution in [3.8, 4) is 5.75 Å². The minimum Gasteiger partial charge on any atom is -0.508 e. The van der Waals surface area contributed by atoms with Crippen LogP contribution >= 0.6 is 15.9 Å². The molecule has 21 heavy (non-hydrogen) atoms. The molecule has 1 amide bonds. The number of aromatic hydroxyl groups is 1. The van der Waals surface area contributed by atoms with Gasteiger partial charge in [-0.15, -0.1) is 0 Å². The first-order valence-electron chi connectivity index (χ1n) is 6.94. The van der Waals surface area contributed by atoms with Gasteiger partial charge in [0.2, 0.25) is 0 Å². The number of hydrogen-bond acceptors (Lipinski definition) is 4. The molecule has 0 saturated carbocycles. The highest BCUT2D eigenvalue weighted by molar-refractivity contribution is 9.10. The summed E-state index contributed by atoms with van der Waals surface area (Å²) in [7, 11) is 0. The summed E-state index contributed by atoms with van der Waals surface area (Å²) in [5.41, 5.74) is 7.01. The lowest BCUT2D eigenvalue weighted by molar-refractivity contribution is 0.0147. The van der Waals surface area contributed by atoms with E-state index in [9.17, 15) is 9.90 Å². The third kappa shape index (κ3) is 3.32. The third-order valence-electron chi connectivity index (χ3n) is 3.44. The summed E-state index contributed by atoms with van der Waals surface area (Å²) in [6, 6.07) is 3.05. The first-order valence-corrected chi connectivity index (χ1v) is 7.74. The van der Waals surface area contributed by atoms with Crippen LogP contribution in [0.25, 0.3) is 0 Å². The smallest absolute Gasteiger partial charge is 0.410 e. The first kappa shape index (κ1) is 16.1. The van der Waals surface area contributed by atoms with Crippen LogP contribution in [-0.4, -0.2) is 34.8 Å². The Balaban J connectivity index is 2.36. The molecule has 0 bridgehead atoms. The minimum absolute atomic E-state index is 0.164. The SMILES string of the molecule is CC(C)(C)OC(=O)N1CCc2c(Br)ccc(O)c2C1CN. The first-order chi connectivity index (χ1) is 9.74. The average Bonchev–Trinajstić information content (AvgIpc) is 2.39. The molecule has 5 nitrogen and oxygen atoms in total. The molecule has 1 unspecified atom stereocenters. The maximum Gasteiger partial charge on any atom is 0.410 e. The zero-order valence-corrected chi connectivity index (χ0v) is 14.1. The maximum atomic E-state index is 12.3. The van der Waals surface area contributed by atoms with Gasteiger partial charge < -0.3 is 15.6 Å². The molecule has 1 heterocycles. The Morgan fingerprint density at radius 3 is 2.76 bits per heavy atom. The maximum absolute atomic E-state index is 12.3. The summed E-state index contributed by atoms with van der Waals surface area (Å²) >= 11 is 3.49. The molecule has 1 aliphatic heterocycles. The number of hydrogen-bond donors (Lipinski definition) is 2. The van der Waals surface area contributed by atoms with Crippen LogP contribution in [-0.2, 0) is 11.2 Å². The average molecular weight is 357 g/mol. The van der Waals surface area contributed by atoms with E-state index < -0.39 is 11.7 Å². The van der Waals surface area contributed by atoms with Crippen LogP contribution in [0.5, 0.6) is 5.75 Å². The van der Waals surface area contributed by atoms with E-state index in [2.05, 4.69) is 15.9 Å². The van der Waals surface area contributed by atoms with E-state index in [1.807, 2.05) is 26.8 Å². The summed E-state index contributed by atoms with van der Waals surface area (Å²) in [5, 5.41) is 10.2. The van der Waals surface area contributed by atoms with Crippen LogP contribution in [0.15, 0.2) is 16.6 Å². The van der Waals surface area contributed by atoms with Crippen molar-refractivity contribution < 1.29 is 14.6 Å². The highest BCUT2D eigenvalue weighted by Crippen LogP contribution is 2.39. The lowest BCUT2D eigenvalue weighted by Gasteiger charge is -2.38. The Hall–Kier alpha value is -1.27. The van der Waals surface area contributed by atoms with Gasteiger partial charge in [-0.1, -0.05) is 15.9 Å². The van der Waals surface area contributed by atoms with Gasteiger partial charge in [0.15, 0.2) is 0 Å². The molecule has 2 rings (SSSR count). The van der Waals surface area contributed by atoms with Crippen molar-refractivity contribution in [2.45, 2.75) is 38.8 Å². The molecule has 116 valence electrons. The lowest BCUT2D eigenvalue weighted by Crippen LogP contribution is -2.45. The molecule has 6 heteroatoms. The standard InChI is InChI=1S/C15H21BrN2O3/c1-15(2,3)21-14(20)18-7-6-9-10(16)4-5-12(19)13(9)11(18)8-17/h4-5,11,19H,6-8,17H2,1-3H3. The van der Waals surface area contributed by atoms with E-state index in [0.717, 1.165) is 10.0 Å². The topological polar surface area (TPSA) is 75.8 Å². The van der Waals surface area contributed by atoms with Gasteiger partial charge >= 0.3 is 6.09 Å². The van der Waals surface area contributed by atoms with Gasteiger partial charge in [-0.2, -0.15) is 0 Å². The quantitative estimate of drug-likeness (QED) is 0.810. The number of fused-ring (bicyclic) bond motifs is 1. The summed E-state index contributed by atoms with van der Waals surface area (Å²) in [5.74, 6) is 0.164. The van der Waals surface area contributed by atoms with Crippen molar-refractivity contribution in [3.63, 3.8) is 0 Å². The summed E-state index contributed by atoms with van der Waals surface area (Å²) in [4.78, 5) is 13.9. The van der Waals surface area contributed by atoms with Crippen LogP contribution in [0.4, 0.5) is 4.79 Å². The van der Waals surface area contributed by atoms with Crippen molar-refractivity contribution in [2.24, 2.45) is 5.73 Å². The largest absolute Gasteiger partial charge is 0.508 e. The number of nitrogens with two attached hydrogens (primary N) is 1. The second kappa shape index (κ2) is 5.85. The molecule has 1 aromatic carbocycles. The second-order valence-electron chi connectivity index (χ2n) is 6.13. The fraction of sp³-hybridized carbons (Fsp3) is 0.533. The Kier molecular flexibility index (Phi) is 4.49. The summed E-state index contributed by atoms with van der Waals surface area (Å²) in [6.07, 6.45) is 0.253. The summed E-state index contributed by atoms with van der Waals surface area (Å²) in [6.45, 7) is 6.24. The molecular formula is C15H21BrN2O3. The van der Waals surface area contributed by atoms with Gasteiger partial charge in [0, 0.05) is 23.1 Å². The number of rotatable bonds is 1. The molecule has 0 spiro atoms. The van der Waals surface area contributed by atoms with Crippen molar-refractivity contribution >= 4 is 22.0 Å². The molecule has 0 saturated heterocycles. The van der Waals surface area contributed by atoms with Crippen LogP contribution in [0.1, 0.15) is 37.9 Å². The normalized spacial score (nSPS) is 18.3. The molecular weight excluding hydrogens is 336 g/mol. The number of amides is 1. The predicted octanol–water partition coefficient (Wildman–Crippen LogP) is 2.95. The number of halogens is 1. The van der Waals surface area contributed by atoms with Gasteiger partial charge in [0.05, 0.1) is 6.04 Å². The van der Waals surface area contributed by atoms with Crippen LogP contribution < -0.4 is 5.73 Å². The Morgan fingerprint density at radius 2 is 2.19 bits per heavy atom. The molecule has 0 fully saturated rings. The second-order valence-corrected chi connectivity index (χ2v) is 6.99. The molecule has 0 aliphatic carbocycles. The van der Waals surface area contributed by atoms with Gasteiger partial charge in [-0.3, -0.25) is 4.90 Å². The van der Waals surface area contributed by atoms with Gasteiger partial charge in [-0.05, 0) is 44.9 Å². The summed E-state index contributed by atoms with van der Waals surface area (Å²) < 4.78 is 6.36. The van der Waals surface area contributed by atoms with Crippen LogP contribution in [0, 0.1) is 0 Å². The Labute approximate surface area is 133 Å². The monoisotopic (exact) mass is 356 g/mol. The van der Waals surface area contributed by atoms with Gasteiger partial charge in [0.25, 0.3) is 0 Å². The fourth-order valence-electron chi connectivity index (χ4n) is 2.58. The van der Waals surface area contributed by atoms with E-state index in [1.165, 1.54) is 0 Å². The third-order valence-corrected chi connectivity index (χ3v) is 4.18. The van der Waals surface area contributed by atoms with Crippen molar-refractivity contribution in [1.82, 2.24) is 4.90 Å². The molecule has 1 aromatic rings. The van der Waals surface area contributed by atoms with Crippen LogP contribution in [0.2, 0.25) is 0 Å². The lowest BCUT2D eigenvalue weighted by atomic mass is 9.92. The molecule has 3 N–H and O–H groups in total. The van der Waals surface area contributed by atoms with Gasteiger partial charge in [-0.25, -0.2) is 4.79 Å². The van der Waals surface area contributed by atoms with Crippen molar-refractivity contribution in [1.29, 1.82) is 0 Å². The van der Waals surface area contributed by atoms with E-state index in [4.69, 9.17) is 10.5 Å². The number of nitrogens with zero attached hydrogens (tertiary/aromatic N) is 1. The molecule has 1 atom stereocenters. The van der Waals surface area contributed by atoms with E-state index in [1.54, 1.807) is 11.0 Å². The number of carbonyl (C=O) groups is 1. The fourth-order valence-corrected chi connectivity index (χ4v) is 3.12. The zero-order chi connectivity index (χ0) is 15.8. The van der Waals surface area contributed by atoms with E-state index >= 15 is 0 Å². The minimum atomic E-state index is -0.560. The molecule has 0 radical (unpaired) electrons. The van der Waals surface area contributed by atoms with Crippen molar-refractivity contribution in [3.05, 3.63) is 27.7 Å². The van der Waals surface area contributed by atoms with Crippen molar-refractivity contribution in [2.75, 3.05) is 13.1 Å². The Bertz CT molecular complexity index is 555. The van der Waals surface area contributed by atoms with Crippen LogP contribution in [0.3, 0.4) is 0 Å². The molecule has 0 aromatic heterocycles. The number of phenols is 1. The predicted molar refractivity (Wildman–Crippen MR) is 84.2 cm³/mol. The zero-order valence-electron chi connectivity index (χ0n) is 12.5.